The highest BCUT2D eigenvalue weighted by atomic mass is 19.4. The number of allylic oxidation sites excluding steroid dienone is 4. The zero-order chi connectivity index (χ0) is 24.7. The maximum atomic E-state index is 15.1. The smallest absolute Gasteiger partial charge is 0.416 e. The minimum atomic E-state index is -4.47. The zero-order valence-corrected chi connectivity index (χ0v) is 18.5. The highest BCUT2D eigenvalue weighted by molar-refractivity contribution is 5.83. The number of aromatic nitrogens is 3. The first-order chi connectivity index (χ1) is 16.7. The molecule has 0 bridgehead atoms. The molecule has 10 heteroatoms. The van der Waals surface area contributed by atoms with Gasteiger partial charge in [-0.2, -0.15) is 13.2 Å². The molecule has 0 saturated carbocycles. The Hall–Kier alpha value is -3.69. The van der Waals surface area contributed by atoms with E-state index in [1.165, 1.54) is 6.07 Å². The lowest BCUT2D eigenvalue weighted by atomic mass is 9.92. The first-order valence-electron chi connectivity index (χ1n) is 11.3. The van der Waals surface area contributed by atoms with Crippen molar-refractivity contribution in [2.75, 3.05) is 18.0 Å². The summed E-state index contributed by atoms with van der Waals surface area (Å²) in [6.45, 7) is 1.14. The van der Waals surface area contributed by atoms with Crippen molar-refractivity contribution >= 4 is 34.0 Å². The number of nitrogens with one attached hydrogen (secondary N) is 1. The molecule has 0 amide bonds. The van der Waals surface area contributed by atoms with E-state index < -0.39 is 29.8 Å². The van der Waals surface area contributed by atoms with Crippen LogP contribution in [0.2, 0.25) is 0 Å². The molecule has 3 aromatic rings. The van der Waals surface area contributed by atoms with Crippen LogP contribution in [0.5, 0.6) is 0 Å². The molecule has 3 heterocycles. The van der Waals surface area contributed by atoms with Crippen molar-refractivity contribution in [3.05, 3.63) is 65.6 Å². The van der Waals surface area contributed by atoms with Gasteiger partial charge in [0.1, 0.15) is 17.8 Å². The minimum Gasteiger partial charge on any atom is -0.481 e. The van der Waals surface area contributed by atoms with Gasteiger partial charge in [0.05, 0.1) is 22.5 Å². The number of fused-ring (bicyclic) bond motifs is 1. The van der Waals surface area contributed by atoms with Crippen LogP contribution in [0.15, 0.2) is 48.7 Å². The molecular weight excluding hydrogens is 464 g/mol. The number of hydrogen-bond donors (Lipinski definition) is 2. The molecule has 1 fully saturated rings. The van der Waals surface area contributed by atoms with Crippen LogP contribution in [-0.4, -0.2) is 45.3 Å². The number of carbonyl (C=O) groups is 1. The standard InChI is InChI=1S/C25H22F4N4O2/c26-19-10-14(15-4-8-22(30-12-15)33-9-1-2-16(13-33)24(34)35)3-6-18(19)23-31-20-7-5-17(25(27,28)29)11-21(20)32-23/h3-8,11-12,16,19H,1-2,9-10,13H2,(H,31,32)(H,34,35)/t16-,19?/m1/s1. The average molecular weight is 486 g/mol. The van der Waals surface area contributed by atoms with Crippen LogP contribution in [0, 0.1) is 5.92 Å². The van der Waals surface area contributed by atoms with Crippen LogP contribution >= 0.6 is 0 Å². The van der Waals surface area contributed by atoms with Gasteiger partial charge >= 0.3 is 12.1 Å². The number of rotatable bonds is 4. The number of pyridine rings is 1. The number of alkyl halides is 4. The first kappa shape index (κ1) is 23.1. The van der Waals surface area contributed by atoms with Crippen molar-refractivity contribution in [3.8, 4) is 0 Å². The molecule has 1 aliphatic carbocycles. The van der Waals surface area contributed by atoms with Crippen molar-refractivity contribution in [1.29, 1.82) is 0 Å². The molecule has 1 aliphatic heterocycles. The average Bonchev–Trinajstić information content (AvgIpc) is 3.27. The number of benzene rings is 1. The fraction of sp³-hybridized carbons (Fsp3) is 0.320. The number of carboxylic acid groups (broad SMARTS) is 1. The summed E-state index contributed by atoms with van der Waals surface area (Å²) in [5.41, 5.74) is 1.49. The Morgan fingerprint density at radius 2 is 2.00 bits per heavy atom. The van der Waals surface area contributed by atoms with Crippen molar-refractivity contribution in [2.24, 2.45) is 5.92 Å². The van der Waals surface area contributed by atoms with Crippen LogP contribution in [0.3, 0.4) is 0 Å². The number of nitrogens with zero attached hydrogens (tertiary/aromatic N) is 3. The van der Waals surface area contributed by atoms with Gasteiger partial charge in [-0.15, -0.1) is 0 Å². The molecule has 0 spiro atoms. The number of hydrogen-bond acceptors (Lipinski definition) is 4. The second-order valence-corrected chi connectivity index (χ2v) is 8.83. The summed E-state index contributed by atoms with van der Waals surface area (Å²) in [4.78, 5) is 24.8. The van der Waals surface area contributed by atoms with E-state index in [0.717, 1.165) is 36.2 Å². The van der Waals surface area contributed by atoms with E-state index in [2.05, 4.69) is 15.0 Å². The minimum absolute atomic E-state index is 0.0719. The molecule has 2 aliphatic rings. The number of anilines is 1. The van der Waals surface area contributed by atoms with Crippen LogP contribution in [0.1, 0.15) is 36.2 Å². The van der Waals surface area contributed by atoms with E-state index in [4.69, 9.17) is 0 Å². The number of imidazole rings is 1. The Kier molecular flexibility index (Phi) is 5.82. The number of halogens is 4. The molecule has 6 nitrogen and oxygen atoms in total. The first-order valence-corrected chi connectivity index (χ1v) is 11.3. The molecule has 0 radical (unpaired) electrons. The topological polar surface area (TPSA) is 82.1 Å². The number of piperidine rings is 1. The quantitative estimate of drug-likeness (QED) is 0.477. The van der Waals surface area contributed by atoms with E-state index in [1.54, 1.807) is 18.3 Å². The molecule has 2 atom stereocenters. The predicted molar refractivity (Wildman–Crippen MR) is 123 cm³/mol. The summed E-state index contributed by atoms with van der Waals surface area (Å²) in [7, 11) is 0. The molecule has 1 saturated heterocycles. The van der Waals surface area contributed by atoms with Gasteiger partial charge in [0, 0.05) is 31.3 Å². The summed E-state index contributed by atoms with van der Waals surface area (Å²) in [5.74, 6) is -0.334. The van der Waals surface area contributed by atoms with Gasteiger partial charge in [-0.05, 0) is 54.3 Å². The third-order valence-corrected chi connectivity index (χ3v) is 6.50. The Balaban J connectivity index is 1.35. The SMILES string of the molecule is O=C(O)[C@@H]1CCCN(c2ccc(C3=CC=C(c4nc5ccc(C(F)(F)F)cc5[nH]4)C(F)C3)cn2)C1. The van der Waals surface area contributed by atoms with Gasteiger partial charge in [-0.25, -0.2) is 14.4 Å². The lowest BCUT2D eigenvalue weighted by Crippen LogP contribution is -2.39. The van der Waals surface area contributed by atoms with Crippen molar-refractivity contribution in [3.63, 3.8) is 0 Å². The maximum Gasteiger partial charge on any atom is 0.416 e. The Bertz CT molecular complexity index is 1330. The van der Waals surface area contributed by atoms with Crippen LogP contribution in [0.4, 0.5) is 23.4 Å². The van der Waals surface area contributed by atoms with Gasteiger partial charge < -0.3 is 15.0 Å². The van der Waals surface area contributed by atoms with E-state index >= 15 is 4.39 Å². The summed E-state index contributed by atoms with van der Waals surface area (Å²) < 4.78 is 54.1. The third-order valence-electron chi connectivity index (χ3n) is 6.50. The summed E-state index contributed by atoms with van der Waals surface area (Å²) in [6.07, 6.45) is 0.634. The number of aliphatic carboxylic acids is 1. The van der Waals surface area contributed by atoms with E-state index in [9.17, 15) is 23.1 Å². The normalized spacial score (nSPS) is 21.1. The fourth-order valence-electron chi connectivity index (χ4n) is 4.58. The second-order valence-electron chi connectivity index (χ2n) is 8.83. The molecule has 35 heavy (non-hydrogen) atoms. The molecule has 1 unspecified atom stereocenters. The van der Waals surface area contributed by atoms with Gasteiger partial charge in [0.15, 0.2) is 0 Å². The Morgan fingerprint density at radius 3 is 2.69 bits per heavy atom. The largest absolute Gasteiger partial charge is 0.481 e. The Labute approximate surface area is 198 Å². The second kappa shape index (κ2) is 8.83. The van der Waals surface area contributed by atoms with Crippen molar-refractivity contribution in [2.45, 2.75) is 31.6 Å². The molecule has 2 aromatic heterocycles. The van der Waals surface area contributed by atoms with Crippen LogP contribution in [0.25, 0.3) is 22.2 Å². The highest BCUT2D eigenvalue weighted by Gasteiger charge is 2.31. The van der Waals surface area contributed by atoms with Crippen molar-refractivity contribution < 1.29 is 27.5 Å². The van der Waals surface area contributed by atoms with E-state index in [0.29, 0.717) is 24.3 Å². The van der Waals surface area contributed by atoms with Crippen LogP contribution in [-0.2, 0) is 11.0 Å². The predicted octanol–water partition coefficient (Wildman–Crippen LogP) is 5.49. The third kappa shape index (κ3) is 4.65. The number of H-pyrrole nitrogens is 1. The van der Waals surface area contributed by atoms with Gasteiger partial charge in [-0.3, -0.25) is 4.79 Å². The highest BCUT2D eigenvalue weighted by Crippen LogP contribution is 2.35. The lowest BCUT2D eigenvalue weighted by Gasteiger charge is -2.31. The molecule has 2 N–H and O–H groups in total. The number of aromatic amines is 1. The number of carboxylic acids is 1. The van der Waals surface area contributed by atoms with E-state index in [1.807, 2.05) is 17.0 Å². The fourth-order valence-corrected chi connectivity index (χ4v) is 4.58. The Morgan fingerprint density at radius 1 is 1.17 bits per heavy atom. The summed E-state index contributed by atoms with van der Waals surface area (Å²) in [5, 5.41) is 9.28. The maximum absolute atomic E-state index is 15.1. The molecular formula is C25H22F4N4O2. The summed E-state index contributed by atoms with van der Waals surface area (Å²) >= 11 is 0. The van der Waals surface area contributed by atoms with Crippen molar-refractivity contribution in [1.82, 2.24) is 15.0 Å². The molecule has 182 valence electrons. The summed E-state index contributed by atoms with van der Waals surface area (Å²) in [6, 6.07) is 6.84. The van der Waals surface area contributed by atoms with E-state index in [-0.39, 0.29) is 23.3 Å². The zero-order valence-electron chi connectivity index (χ0n) is 18.5. The van der Waals surface area contributed by atoms with Gasteiger partial charge in [-0.1, -0.05) is 12.2 Å². The lowest BCUT2D eigenvalue weighted by molar-refractivity contribution is -0.142. The molecule has 5 rings (SSSR count). The van der Waals surface area contributed by atoms with Gasteiger partial charge in [0.2, 0.25) is 0 Å². The monoisotopic (exact) mass is 486 g/mol. The van der Waals surface area contributed by atoms with Crippen LogP contribution < -0.4 is 4.90 Å². The molecule has 1 aromatic carbocycles. The van der Waals surface area contributed by atoms with Gasteiger partial charge in [0.25, 0.3) is 0 Å².